The van der Waals surface area contributed by atoms with E-state index in [0.717, 1.165) is 50.0 Å². The molecule has 0 amide bonds. The minimum atomic E-state index is -0.179. The van der Waals surface area contributed by atoms with Crippen molar-refractivity contribution in [3.63, 3.8) is 0 Å². The Bertz CT molecular complexity index is 536. The Morgan fingerprint density at radius 2 is 0.757 bits per heavy atom. The van der Waals surface area contributed by atoms with Crippen LogP contribution in [0.15, 0.2) is 0 Å². The van der Waals surface area contributed by atoms with Gasteiger partial charge in [0.05, 0.1) is 23.0 Å². The Morgan fingerprint density at radius 1 is 0.432 bits per heavy atom. The number of nitriles is 2. The Hall–Kier alpha value is 0.0300. The quantitative estimate of drug-likeness (QED) is 0.0693. The summed E-state index contributed by atoms with van der Waals surface area (Å²) in [6, 6.07) is 5.47. The predicted molar refractivity (Wildman–Crippen MR) is 173 cm³/mol. The monoisotopic (exact) mass is 568 g/mol. The van der Waals surface area contributed by atoms with Crippen LogP contribution in [0.5, 0.6) is 0 Å². The van der Waals surface area contributed by atoms with Gasteiger partial charge in [-0.15, -0.1) is 0 Å². The number of rotatable bonds is 28. The highest BCUT2D eigenvalue weighted by Gasteiger charge is 2.31. The molecule has 0 bridgehead atoms. The van der Waals surface area contributed by atoms with Gasteiger partial charge in [-0.25, -0.2) is 0 Å². The van der Waals surface area contributed by atoms with Crippen LogP contribution in [0.4, 0.5) is 0 Å². The molecule has 0 rings (SSSR count). The van der Waals surface area contributed by atoms with Crippen molar-refractivity contribution in [2.24, 2.45) is 10.8 Å². The van der Waals surface area contributed by atoms with E-state index in [4.69, 9.17) is 0 Å². The second-order valence-corrected chi connectivity index (χ2v) is 15.6. The van der Waals surface area contributed by atoms with Crippen LogP contribution in [0.3, 0.4) is 0 Å². The molecule has 0 aliphatic rings. The average Bonchev–Trinajstić information content (AvgIpc) is 2.91. The van der Waals surface area contributed by atoms with E-state index in [9.17, 15) is 10.5 Å². The van der Waals surface area contributed by atoms with E-state index in [0.29, 0.717) is 0 Å². The van der Waals surface area contributed by atoms with Crippen molar-refractivity contribution >= 4 is 31.4 Å². The Kier molecular flexibility index (Phi) is 26.3. The molecule has 2 nitrogen and oxygen atoms in total. The van der Waals surface area contributed by atoms with Crippen LogP contribution >= 0.6 is 31.4 Å². The molecule has 216 valence electrons. The van der Waals surface area contributed by atoms with Crippen molar-refractivity contribution in [1.29, 1.82) is 10.5 Å². The van der Waals surface area contributed by atoms with Gasteiger partial charge in [-0.2, -0.15) is 10.5 Å². The van der Waals surface area contributed by atoms with E-state index in [-0.39, 0.29) is 10.8 Å². The highest BCUT2D eigenvalue weighted by molar-refractivity contribution is 9.09. The standard InChI is InChI=1S/C32H60N2S3/c1-5-9-11-13-15-17-19-21-25-31(27-33,23-7-3)29-35-37-36-30-32(28-34,24-8-4)26-22-20-18-16-14-12-10-6-2/h5-26,29-30H2,1-4H3. The van der Waals surface area contributed by atoms with Gasteiger partial charge >= 0.3 is 0 Å². The minimum Gasteiger partial charge on any atom is -0.198 e. The molecule has 0 aliphatic carbocycles. The van der Waals surface area contributed by atoms with Crippen molar-refractivity contribution in [3.8, 4) is 12.1 Å². The van der Waals surface area contributed by atoms with Gasteiger partial charge in [0.15, 0.2) is 0 Å². The van der Waals surface area contributed by atoms with Crippen LogP contribution in [0, 0.1) is 33.5 Å². The Labute approximate surface area is 244 Å². The molecule has 0 N–H and O–H groups in total. The number of nitrogens with zero attached hydrogens (tertiary/aromatic N) is 2. The number of unbranched alkanes of at least 4 members (excludes halogenated alkanes) is 14. The molecular formula is C32H60N2S3. The van der Waals surface area contributed by atoms with Crippen LogP contribution in [-0.2, 0) is 0 Å². The lowest BCUT2D eigenvalue weighted by molar-refractivity contribution is 0.358. The van der Waals surface area contributed by atoms with Crippen molar-refractivity contribution < 1.29 is 0 Å². The fourth-order valence-corrected chi connectivity index (χ4v) is 9.93. The highest BCUT2D eigenvalue weighted by Crippen LogP contribution is 2.46. The summed E-state index contributed by atoms with van der Waals surface area (Å²) in [4.78, 5) is 0. The van der Waals surface area contributed by atoms with Crippen LogP contribution in [0.25, 0.3) is 0 Å². The van der Waals surface area contributed by atoms with E-state index < -0.39 is 0 Å². The summed E-state index contributed by atoms with van der Waals surface area (Å²) in [5, 5.41) is 20.2. The first-order chi connectivity index (χ1) is 18.1. The smallest absolute Gasteiger partial charge is 0.0698 e. The molecular weight excluding hydrogens is 509 g/mol. The van der Waals surface area contributed by atoms with E-state index in [2.05, 4.69) is 39.8 Å². The van der Waals surface area contributed by atoms with Gasteiger partial charge in [0.25, 0.3) is 0 Å². The van der Waals surface area contributed by atoms with Gasteiger partial charge in [0, 0.05) is 11.5 Å². The zero-order valence-corrected chi connectivity index (χ0v) is 27.5. The summed E-state index contributed by atoms with van der Waals surface area (Å²) >= 11 is 0. The fourth-order valence-electron chi connectivity index (χ4n) is 5.29. The Balaban J connectivity index is 4.39. The van der Waals surface area contributed by atoms with Gasteiger partial charge in [-0.1, -0.05) is 165 Å². The van der Waals surface area contributed by atoms with Crippen molar-refractivity contribution in [2.75, 3.05) is 11.5 Å². The third-order valence-electron chi connectivity index (χ3n) is 7.72. The number of hydrogen-bond acceptors (Lipinski definition) is 5. The summed E-state index contributed by atoms with van der Waals surface area (Å²) in [6.07, 6.45) is 27.4. The zero-order valence-electron chi connectivity index (χ0n) is 25.1. The third-order valence-corrected chi connectivity index (χ3v) is 12.3. The molecule has 0 spiro atoms. The Morgan fingerprint density at radius 3 is 1.05 bits per heavy atom. The summed E-state index contributed by atoms with van der Waals surface area (Å²) in [5.74, 6) is 1.83. The maximum atomic E-state index is 10.1. The molecule has 0 aromatic carbocycles. The lowest BCUT2D eigenvalue weighted by Gasteiger charge is -2.27. The molecule has 2 unspecified atom stereocenters. The second kappa shape index (κ2) is 26.3. The molecule has 2 atom stereocenters. The average molecular weight is 569 g/mol. The van der Waals surface area contributed by atoms with Gasteiger partial charge < -0.3 is 0 Å². The van der Waals surface area contributed by atoms with E-state index in [1.807, 2.05) is 31.4 Å². The van der Waals surface area contributed by atoms with E-state index in [1.165, 1.54) is 103 Å². The summed E-state index contributed by atoms with van der Waals surface area (Å²) in [5.41, 5.74) is -0.357. The lowest BCUT2D eigenvalue weighted by atomic mass is 9.82. The topological polar surface area (TPSA) is 47.6 Å². The van der Waals surface area contributed by atoms with Gasteiger partial charge in [0.2, 0.25) is 0 Å². The molecule has 5 heteroatoms. The summed E-state index contributed by atoms with van der Waals surface area (Å²) in [6.45, 7) is 8.97. The first-order valence-electron chi connectivity index (χ1n) is 15.8. The van der Waals surface area contributed by atoms with Gasteiger partial charge in [-0.05, 0) is 35.5 Å². The maximum absolute atomic E-state index is 10.1. The largest absolute Gasteiger partial charge is 0.198 e. The summed E-state index contributed by atoms with van der Waals surface area (Å²) < 4.78 is 0. The molecule has 0 saturated carbocycles. The van der Waals surface area contributed by atoms with E-state index in [1.54, 1.807) is 0 Å². The van der Waals surface area contributed by atoms with Crippen LogP contribution in [0.1, 0.15) is 169 Å². The molecule has 0 saturated heterocycles. The molecule has 0 aromatic heterocycles. The van der Waals surface area contributed by atoms with Gasteiger partial charge in [-0.3, -0.25) is 0 Å². The summed E-state index contributed by atoms with van der Waals surface area (Å²) in [7, 11) is 5.55. The van der Waals surface area contributed by atoms with E-state index >= 15 is 0 Å². The van der Waals surface area contributed by atoms with Crippen molar-refractivity contribution in [3.05, 3.63) is 0 Å². The molecule has 0 aliphatic heterocycles. The number of hydrogen-bond donors (Lipinski definition) is 0. The third kappa shape index (κ3) is 19.7. The van der Waals surface area contributed by atoms with Gasteiger partial charge in [0.1, 0.15) is 0 Å². The molecule has 0 radical (unpaired) electrons. The SMILES string of the molecule is CCCCCCCCCCC(C#N)(CCC)CSSSCC(C#N)(CCC)CCCCCCCCCC. The van der Waals surface area contributed by atoms with Crippen molar-refractivity contribution in [1.82, 2.24) is 0 Å². The fraction of sp³-hybridized carbons (Fsp3) is 0.938. The minimum absolute atomic E-state index is 0.179. The highest BCUT2D eigenvalue weighted by atomic mass is 33.5. The molecule has 0 fully saturated rings. The molecule has 0 heterocycles. The molecule has 37 heavy (non-hydrogen) atoms. The normalized spacial score (nSPS) is 14.5. The van der Waals surface area contributed by atoms with Crippen LogP contribution < -0.4 is 0 Å². The molecule has 0 aromatic rings. The zero-order chi connectivity index (χ0) is 27.5. The van der Waals surface area contributed by atoms with Crippen LogP contribution in [-0.4, -0.2) is 11.5 Å². The van der Waals surface area contributed by atoms with Crippen LogP contribution in [0.2, 0.25) is 0 Å². The maximum Gasteiger partial charge on any atom is 0.0698 e. The first kappa shape index (κ1) is 37.0. The predicted octanol–water partition coefficient (Wildman–Crippen LogP) is 12.7. The lowest BCUT2D eigenvalue weighted by Crippen LogP contribution is -2.22. The van der Waals surface area contributed by atoms with Crippen molar-refractivity contribution in [2.45, 2.75) is 169 Å². The second-order valence-electron chi connectivity index (χ2n) is 11.3. The first-order valence-corrected chi connectivity index (χ1v) is 19.6.